The van der Waals surface area contributed by atoms with Gasteiger partial charge < -0.3 is 9.64 Å². The third kappa shape index (κ3) is 4.41. The number of rotatable bonds is 6. The molecule has 7 nitrogen and oxygen atoms in total. The molecule has 0 amide bonds. The van der Waals surface area contributed by atoms with E-state index in [-0.39, 0.29) is 6.10 Å². The van der Waals surface area contributed by atoms with Gasteiger partial charge in [-0.3, -0.25) is 14.8 Å². The zero-order chi connectivity index (χ0) is 23.9. The molecule has 1 aromatic carbocycles. The van der Waals surface area contributed by atoms with Gasteiger partial charge in [0.1, 0.15) is 17.5 Å². The molecule has 0 spiro atoms. The number of nitrogens with zero attached hydrogens (tertiary/aromatic N) is 5. The van der Waals surface area contributed by atoms with Crippen LogP contribution in [0.25, 0.3) is 22.2 Å². The summed E-state index contributed by atoms with van der Waals surface area (Å²) in [4.78, 5) is 6.69. The van der Waals surface area contributed by atoms with Crippen molar-refractivity contribution in [1.82, 2.24) is 29.9 Å². The molecule has 2 aliphatic rings. The van der Waals surface area contributed by atoms with Crippen LogP contribution in [0.5, 0.6) is 5.75 Å². The van der Waals surface area contributed by atoms with Gasteiger partial charge >= 0.3 is 0 Å². The molecule has 1 N–H and O–H groups in total. The Bertz CT molecular complexity index is 1320. The van der Waals surface area contributed by atoms with E-state index in [0.29, 0.717) is 21.8 Å². The number of nitrogens with one attached hydrogen (secondary N) is 1. The minimum atomic E-state index is -0.334. The number of hydrogen-bond donors (Lipinski definition) is 1. The fourth-order valence-corrected chi connectivity index (χ4v) is 5.96. The topological polar surface area (TPSA) is 71.9 Å². The lowest BCUT2D eigenvalue weighted by atomic mass is 9.89. The van der Waals surface area contributed by atoms with Crippen LogP contribution in [0.4, 0.5) is 0 Å². The van der Waals surface area contributed by atoms with E-state index in [1.54, 1.807) is 12.4 Å². The van der Waals surface area contributed by atoms with Crippen molar-refractivity contribution in [3.63, 3.8) is 0 Å². The summed E-state index contributed by atoms with van der Waals surface area (Å²) in [5.41, 5.74) is 3.54. The molecule has 9 heteroatoms. The highest BCUT2D eigenvalue weighted by atomic mass is 35.5. The molecule has 1 saturated carbocycles. The number of pyridine rings is 1. The molecule has 6 rings (SSSR count). The first-order valence-electron chi connectivity index (χ1n) is 12.3. The minimum absolute atomic E-state index is 0.334. The van der Waals surface area contributed by atoms with E-state index in [1.165, 1.54) is 32.4 Å². The van der Waals surface area contributed by atoms with Gasteiger partial charge in [-0.25, -0.2) is 0 Å². The highest BCUT2D eigenvalue weighted by molar-refractivity contribution is 6.35. The molecule has 2 fully saturated rings. The Kier molecular flexibility index (Phi) is 6.16. The van der Waals surface area contributed by atoms with Crippen LogP contribution in [0.15, 0.2) is 43.0 Å². The zero-order valence-electron chi connectivity index (χ0n) is 19.6. The first-order chi connectivity index (χ1) is 17.1. The van der Waals surface area contributed by atoms with Gasteiger partial charge in [-0.15, -0.1) is 0 Å². The van der Waals surface area contributed by atoms with Gasteiger partial charge in [0, 0.05) is 54.2 Å². The van der Waals surface area contributed by atoms with Crippen LogP contribution in [0.3, 0.4) is 0 Å². The number of ether oxygens (including phenoxy) is 1. The number of aromatic amines is 1. The summed E-state index contributed by atoms with van der Waals surface area (Å²) in [6, 6.07) is 7.17. The van der Waals surface area contributed by atoms with Gasteiger partial charge in [0.25, 0.3) is 0 Å². The van der Waals surface area contributed by atoms with Gasteiger partial charge in [-0.05, 0) is 50.8 Å². The molecule has 1 aliphatic heterocycles. The third-order valence-corrected chi connectivity index (χ3v) is 8.09. The molecule has 35 heavy (non-hydrogen) atoms. The fraction of sp³-hybridized carbons (Fsp3) is 0.423. The van der Waals surface area contributed by atoms with Crippen LogP contribution in [0.2, 0.25) is 10.0 Å². The summed E-state index contributed by atoms with van der Waals surface area (Å²) in [5, 5.41) is 14.4. The Labute approximate surface area is 214 Å². The second-order valence-electron chi connectivity index (χ2n) is 9.62. The number of hydrogen-bond acceptors (Lipinski definition) is 5. The number of piperidine rings is 1. The highest BCUT2D eigenvalue weighted by Crippen LogP contribution is 2.36. The van der Waals surface area contributed by atoms with E-state index in [0.717, 1.165) is 46.6 Å². The largest absolute Gasteiger partial charge is 0.486 e. The Hall–Kier alpha value is -2.61. The quantitative estimate of drug-likeness (QED) is 0.322. The first kappa shape index (κ1) is 22.8. The summed E-state index contributed by atoms with van der Waals surface area (Å²) in [6.45, 7) is 4.26. The number of H-pyrrole nitrogens is 1. The summed E-state index contributed by atoms with van der Waals surface area (Å²) < 4.78 is 8.34. The lowest BCUT2D eigenvalue weighted by Gasteiger charge is -2.41. The van der Waals surface area contributed by atoms with Gasteiger partial charge in [-0.1, -0.05) is 29.6 Å². The molecule has 0 radical (unpaired) electrons. The van der Waals surface area contributed by atoms with Gasteiger partial charge in [-0.2, -0.15) is 10.2 Å². The molecule has 1 unspecified atom stereocenters. The minimum Gasteiger partial charge on any atom is -0.486 e. The average molecular weight is 511 g/mol. The summed E-state index contributed by atoms with van der Waals surface area (Å²) in [6.07, 6.45) is 13.3. The smallest absolute Gasteiger partial charge is 0.124 e. The average Bonchev–Trinajstić information content (AvgIpc) is 3.45. The van der Waals surface area contributed by atoms with Crippen LogP contribution in [-0.4, -0.2) is 49.0 Å². The molecule has 3 aromatic heterocycles. The normalized spacial score (nSPS) is 18.6. The fourth-order valence-electron chi connectivity index (χ4n) is 5.29. The van der Waals surface area contributed by atoms with Crippen molar-refractivity contribution in [1.29, 1.82) is 0 Å². The lowest BCUT2D eigenvalue weighted by molar-refractivity contribution is 0.0842. The maximum Gasteiger partial charge on any atom is 0.124 e. The molecule has 1 atom stereocenters. The van der Waals surface area contributed by atoms with Crippen LogP contribution in [-0.2, 0) is 0 Å². The lowest BCUT2D eigenvalue weighted by Crippen LogP contribution is -2.45. The van der Waals surface area contributed by atoms with E-state index in [4.69, 9.17) is 33.0 Å². The number of aromatic nitrogens is 5. The summed E-state index contributed by atoms with van der Waals surface area (Å²) >= 11 is 12.6. The van der Waals surface area contributed by atoms with Crippen LogP contribution >= 0.6 is 23.2 Å². The van der Waals surface area contributed by atoms with Crippen LogP contribution < -0.4 is 4.74 Å². The van der Waals surface area contributed by atoms with Crippen LogP contribution in [0, 0.1) is 0 Å². The van der Waals surface area contributed by atoms with Crippen molar-refractivity contribution < 1.29 is 4.74 Å². The number of likely N-dealkylation sites (tertiary alicyclic amines) is 1. The molecule has 0 bridgehead atoms. The van der Waals surface area contributed by atoms with E-state index in [2.05, 4.69) is 31.0 Å². The van der Waals surface area contributed by atoms with Gasteiger partial charge in [0.05, 0.1) is 27.8 Å². The third-order valence-electron chi connectivity index (χ3n) is 7.48. The van der Waals surface area contributed by atoms with Crippen molar-refractivity contribution in [3.8, 4) is 17.0 Å². The number of benzene rings is 1. The Morgan fingerprint density at radius 2 is 1.80 bits per heavy atom. The van der Waals surface area contributed by atoms with Gasteiger partial charge in [0.15, 0.2) is 0 Å². The Morgan fingerprint density at radius 1 is 1.03 bits per heavy atom. The standard InChI is InChI=1S/C26H28Cl2N6O/c1-16(25-22(27)13-29-14-23(25)28)35-20-5-6-24-21(11-20)26(32-31-24)17-12-30-34(15-17)19-7-9-33(10-8-19)18-3-2-4-18/h5-6,11-16,18-19H,2-4,7-10H2,1H3,(H,31,32). The molecular formula is C26H28Cl2N6O. The molecular weight excluding hydrogens is 483 g/mol. The molecule has 182 valence electrons. The van der Waals surface area contributed by atoms with E-state index in [9.17, 15) is 0 Å². The highest BCUT2D eigenvalue weighted by Gasteiger charge is 2.29. The second-order valence-corrected chi connectivity index (χ2v) is 10.4. The molecule has 1 aliphatic carbocycles. The monoisotopic (exact) mass is 510 g/mol. The molecule has 4 heterocycles. The van der Waals surface area contributed by atoms with Crippen molar-refractivity contribution in [2.24, 2.45) is 0 Å². The van der Waals surface area contributed by atoms with Crippen molar-refractivity contribution in [2.75, 3.05) is 13.1 Å². The van der Waals surface area contributed by atoms with Gasteiger partial charge in [0.2, 0.25) is 0 Å². The molecule has 1 saturated heterocycles. The maximum absolute atomic E-state index is 6.32. The number of halogens is 2. The summed E-state index contributed by atoms with van der Waals surface area (Å²) in [5.74, 6) is 0.715. The number of fused-ring (bicyclic) bond motifs is 1. The van der Waals surface area contributed by atoms with Crippen LogP contribution in [0.1, 0.15) is 56.7 Å². The van der Waals surface area contributed by atoms with E-state index < -0.39 is 0 Å². The predicted octanol–water partition coefficient (Wildman–Crippen LogP) is 6.46. The van der Waals surface area contributed by atoms with Crippen molar-refractivity contribution >= 4 is 34.1 Å². The van der Waals surface area contributed by atoms with Crippen molar-refractivity contribution in [2.45, 2.75) is 57.2 Å². The van der Waals surface area contributed by atoms with E-state index >= 15 is 0 Å². The van der Waals surface area contributed by atoms with E-state index in [1.807, 2.05) is 31.3 Å². The SMILES string of the molecule is CC(Oc1ccc2[nH]nc(-c3cnn(C4CCN(C5CCC5)CC4)c3)c2c1)c1c(Cl)cncc1Cl. The Morgan fingerprint density at radius 3 is 2.51 bits per heavy atom. The Balaban J connectivity index is 1.20. The van der Waals surface area contributed by atoms with Crippen molar-refractivity contribution in [3.05, 3.63) is 58.6 Å². The first-order valence-corrected chi connectivity index (χ1v) is 13.0. The predicted molar refractivity (Wildman–Crippen MR) is 138 cm³/mol. The summed E-state index contributed by atoms with van der Waals surface area (Å²) in [7, 11) is 0. The maximum atomic E-state index is 6.32. The zero-order valence-corrected chi connectivity index (χ0v) is 21.1. The molecule has 4 aromatic rings. The second kappa shape index (κ2) is 9.45.